The molecule has 0 amide bonds. The van der Waals surface area contributed by atoms with Crippen LogP contribution < -0.4 is 11.2 Å². The summed E-state index contributed by atoms with van der Waals surface area (Å²) in [4.78, 5) is 43.3. The number of esters is 1. The molecule has 1 aliphatic rings. The van der Waals surface area contributed by atoms with Gasteiger partial charge in [-0.05, 0) is 38.0 Å². The number of hydrogen-bond donors (Lipinski definition) is 0. The molecule has 1 aromatic carbocycles. The van der Waals surface area contributed by atoms with Crippen molar-refractivity contribution in [3.63, 3.8) is 0 Å². The minimum atomic E-state index is -0.701. The van der Waals surface area contributed by atoms with Gasteiger partial charge in [-0.1, -0.05) is 22.0 Å². The highest BCUT2D eigenvalue weighted by Gasteiger charge is 2.29. The Balaban J connectivity index is 1.98. The molecule has 0 bridgehead atoms. The fourth-order valence-electron chi connectivity index (χ4n) is 3.42. The second kappa shape index (κ2) is 7.79. The first kappa shape index (κ1) is 20.5. The van der Waals surface area contributed by atoms with Crippen molar-refractivity contribution < 1.29 is 13.9 Å². The molecule has 156 valence electrons. The number of carbonyl (C=O) groups is 1. The van der Waals surface area contributed by atoms with Gasteiger partial charge in [0.1, 0.15) is 11.5 Å². The first-order valence-corrected chi connectivity index (χ1v) is 10.4. The number of halogens is 2. The van der Waals surface area contributed by atoms with E-state index in [1.165, 1.54) is 23.7 Å². The summed E-state index contributed by atoms with van der Waals surface area (Å²) in [5.74, 6) is -0.993. The third kappa shape index (κ3) is 3.58. The van der Waals surface area contributed by atoms with E-state index in [9.17, 15) is 18.8 Å². The molecule has 0 atom stereocenters. The number of aryl methyl sites for hydroxylation is 1. The molecule has 9 heteroatoms. The average molecular weight is 476 g/mol. The summed E-state index contributed by atoms with van der Waals surface area (Å²) in [5.41, 5.74) is -0.286. The number of carbonyl (C=O) groups excluding carboxylic acids is 1. The molecule has 2 aromatic heterocycles. The largest absolute Gasteiger partial charge is 0.462 e. The third-order valence-corrected chi connectivity index (χ3v) is 5.64. The summed E-state index contributed by atoms with van der Waals surface area (Å²) < 4.78 is 22.2. The lowest BCUT2D eigenvalue weighted by Crippen LogP contribution is -2.40. The van der Waals surface area contributed by atoms with Gasteiger partial charge in [0.05, 0.1) is 24.1 Å². The van der Waals surface area contributed by atoms with Crippen molar-refractivity contribution in [1.82, 2.24) is 14.1 Å². The molecular formula is C21H19BrFN3O4. The summed E-state index contributed by atoms with van der Waals surface area (Å²) in [7, 11) is 1.48. The monoisotopic (exact) mass is 475 g/mol. The standard InChI is InChI=1S/C21H19BrFN3O4/c1-3-30-20(28)14-9-16(11-4-5-11)24-18-17(14)19(27)26(21(29)25(18)2)10-12-6-7-13(22)8-15(12)23/h6-9,11H,3-5,10H2,1-2H3. The van der Waals surface area contributed by atoms with Crippen molar-refractivity contribution in [2.24, 2.45) is 7.05 Å². The van der Waals surface area contributed by atoms with Gasteiger partial charge in [-0.2, -0.15) is 0 Å². The summed E-state index contributed by atoms with van der Waals surface area (Å²) in [6.07, 6.45) is 1.88. The fraction of sp³-hybridized carbons (Fsp3) is 0.333. The topological polar surface area (TPSA) is 83.2 Å². The molecule has 0 radical (unpaired) electrons. The van der Waals surface area contributed by atoms with Crippen LogP contribution in [0.15, 0.2) is 38.3 Å². The Morgan fingerprint density at radius 3 is 2.67 bits per heavy atom. The maximum Gasteiger partial charge on any atom is 0.339 e. The minimum absolute atomic E-state index is 0.00234. The van der Waals surface area contributed by atoms with Gasteiger partial charge < -0.3 is 4.74 Å². The van der Waals surface area contributed by atoms with E-state index in [2.05, 4.69) is 20.9 Å². The van der Waals surface area contributed by atoms with E-state index in [0.717, 1.165) is 17.4 Å². The van der Waals surface area contributed by atoms with Gasteiger partial charge in [0.15, 0.2) is 0 Å². The molecule has 30 heavy (non-hydrogen) atoms. The van der Waals surface area contributed by atoms with Gasteiger partial charge in [0, 0.05) is 28.7 Å². The number of rotatable bonds is 5. The van der Waals surface area contributed by atoms with E-state index in [0.29, 0.717) is 10.2 Å². The number of pyridine rings is 1. The van der Waals surface area contributed by atoms with E-state index < -0.39 is 23.0 Å². The van der Waals surface area contributed by atoms with Crippen LogP contribution in [0, 0.1) is 5.82 Å². The zero-order valence-electron chi connectivity index (χ0n) is 16.4. The average Bonchev–Trinajstić information content (AvgIpc) is 3.55. The molecule has 0 N–H and O–H groups in total. The molecule has 4 rings (SSSR count). The first-order chi connectivity index (χ1) is 14.3. The predicted molar refractivity (Wildman–Crippen MR) is 112 cm³/mol. The Hall–Kier alpha value is -2.81. The normalized spacial score (nSPS) is 13.6. The summed E-state index contributed by atoms with van der Waals surface area (Å²) in [5, 5.41) is -0.00234. The number of benzene rings is 1. The van der Waals surface area contributed by atoms with E-state index in [4.69, 9.17) is 4.74 Å². The third-order valence-electron chi connectivity index (χ3n) is 5.15. The lowest BCUT2D eigenvalue weighted by atomic mass is 10.1. The summed E-state index contributed by atoms with van der Waals surface area (Å²) in [6, 6.07) is 5.96. The fourth-order valence-corrected chi connectivity index (χ4v) is 3.75. The number of nitrogens with zero attached hydrogens (tertiary/aromatic N) is 3. The van der Waals surface area contributed by atoms with Gasteiger partial charge >= 0.3 is 11.7 Å². The van der Waals surface area contributed by atoms with E-state index in [-0.39, 0.29) is 41.2 Å². The minimum Gasteiger partial charge on any atom is -0.462 e. The number of hydrogen-bond acceptors (Lipinski definition) is 5. The zero-order valence-corrected chi connectivity index (χ0v) is 18.0. The molecule has 0 aliphatic heterocycles. The van der Waals surface area contributed by atoms with Crippen molar-refractivity contribution >= 4 is 32.9 Å². The van der Waals surface area contributed by atoms with Crippen molar-refractivity contribution in [1.29, 1.82) is 0 Å². The highest BCUT2D eigenvalue weighted by molar-refractivity contribution is 9.10. The van der Waals surface area contributed by atoms with Gasteiger partial charge in [0.2, 0.25) is 0 Å². The Morgan fingerprint density at radius 1 is 1.30 bits per heavy atom. The number of fused-ring (bicyclic) bond motifs is 1. The van der Waals surface area contributed by atoms with Crippen LogP contribution in [0.1, 0.15) is 47.3 Å². The second-order valence-corrected chi connectivity index (χ2v) is 8.17. The summed E-state index contributed by atoms with van der Waals surface area (Å²) >= 11 is 3.18. The van der Waals surface area contributed by atoms with Crippen molar-refractivity contribution in [2.75, 3.05) is 6.61 Å². The van der Waals surface area contributed by atoms with Gasteiger partial charge in [-0.15, -0.1) is 0 Å². The zero-order chi connectivity index (χ0) is 21.6. The molecular weight excluding hydrogens is 457 g/mol. The van der Waals surface area contributed by atoms with E-state index in [1.807, 2.05) is 0 Å². The predicted octanol–water partition coefficient (Wildman–Crippen LogP) is 3.10. The molecule has 0 spiro atoms. The van der Waals surface area contributed by atoms with Crippen LogP contribution in [0.4, 0.5) is 4.39 Å². The van der Waals surface area contributed by atoms with Crippen LogP contribution in [0.3, 0.4) is 0 Å². The lowest BCUT2D eigenvalue weighted by Gasteiger charge is -2.14. The van der Waals surface area contributed by atoms with Crippen LogP contribution >= 0.6 is 15.9 Å². The smallest absolute Gasteiger partial charge is 0.339 e. The van der Waals surface area contributed by atoms with Gasteiger partial charge in [-0.3, -0.25) is 13.9 Å². The number of ether oxygens (including phenoxy) is 1. The Morgan fingerprint density at radius 2 is 2.03 bits per heavy atom. The van der Waals surface area contributed by atoms with Crippen molar-refractivity contribution in [2.45, 2.75) is 32.2 Å². The van der Waals surface area contributed by atoms with Crippen LogP contribution in [0.2, 0.25) is 0 Å². The maximum atomic E-state index is 14.3. The van der Waals surface area contributed by atoms with Crippen molar-refractivity contribution in [3.05, 3.63) is 72.2 Å². The first-order valence-electron chi connectivity index (χ1n) is 9.57. The van der Waals surface area contributed by atoms with Crippen LogP contribution in [-0.4, -0.2) is 26.7 Å². The second-order valence-electron chi connectivity index (χ2n) is 7.26. The SMILES string of the molecule is CCOC(=O)c1cc(C2CC2)nc2c1c(=O)n(Cc1ccc(Br)cc1F)c(=O)n2C. The molecule has 7 nitrogen and oxygen atoms in total. The lowest BCUT2D eigenvalue weighted by molar-refractivity contribution is 0.0528. The van der Waals surface area contributed by atoms with Crippen molar-refractivity contribution in [3.8, 4) is 0 Å². The molecule has 0 unspecified atom stereocenters. The number of aromatic nitrogens is 3. The van der Waals surface area contributed by atoms with Gasteiger partial charge in [0.25, 0.3) is 5.56 Å². The van der Waals surface area contributed by atoms with Crippen LogP contribution in [0.25, 0.3) is 11.0 Å². The quantitative estimate of drug-likeness (QED) is 0.529. The summed E-state index contributed by atoms with van der Waals surface area (Å²) in [6.45, 7) is 1.55. The van der Waals surface area contributed by atoms with E-state index >= 15 is 0 Å². The molecule has 0 saturated heterocycles. The highest BCUT2D eigenvalue weighted by atomic mass is 79.9. The van der Waals surface area contributed by atoms with Gasteiger partial charge in [-0.25, -0.2) is 19.0 Å². The molecule has 1 aliphatic carbocycles. The molecule has 1 saturated carbocycles. The van der Waals surface area contributed by atoms with E-state index in [1.54, 1.807) is 19.1 Å². The Bertz CT molecular complexity index is 1290. The Labute approximate surface area is 179 Å². The molecule has 3 aromatic rings. The molecule has 1 fully saturated rings. The van der Waals surface area contributed by atoms with Crippen LogP contribution in [0.5, 0.6) is 0 Å². The molecule has 2 heterocycles. The van der Waals surface area contributed by atoms with Crippen LogP contribution in [-0.2, 0) is 18.3 Å². The Kier molecular flexibility index (Phi) is 5.31. The maximum absolute atomic E-state index is 14.3. The highest BCUT2D eigenvalue weighted by Crippen LogP contribution is 2.40.